The highest BCUT2D eigenvalue weighted by Gasteiger charge is 2.27. The maximum atomic E-state index is 11.7. The lowest BCUT2D eigenvalue weighted by Gasteiger charge is -2.21. The van der Waals surface area contributed by atoms with Crippen LogP contribution in [0.4, 0.5) is 13.2 Å². The summed E-state index contributed by atoms with van der Waals surface area (Å²) in [6.45, 7) is 1.59. The van der Waals surface area contributed by atoms with Crippen molar-refractivity contribution in [3.8, 4) is 0 Å². The molecule has 0 bridgehead atoms. The lowest BCUT2D eigenvalue weighted by atomic mass is 10.3. The summed E-state index contributed by atoms with van der Waals surface area (Å²) in [4.78, 5) is 1.74. The van der Waals surface area contributed by atoms with Crippen molar-refractivity contribution in [1.29, 1.82) is 0 Å². The molecule has 0 aliphatic carbocycles. The minimum absolute atomic E-state index is 0.213. The van der Waals surface area contributed by atoms with Crippen LogP contribution in [0.1, 0.15) is 6.92 Å². The number of halogens is 3. The summed E-state index contributed by atoms with van der Waals surface area (Å²) in [5.41, 5.74) is 5.28. The second kappa shape index (κ2) is 5.41. The summed E-state index contributed by atoms with van der Waals surface area (Å²) in [5.74, 6) is 0. The Morgan fingerprint density at radius 3 is 2.38 bits per heavy atom. The molecule has 0 fully saturated rings. The molecular formula is C7H16F3N3. The van der Waals surface area contributed by atoms with Crippen LogP contribution in [-0.2, 0) is 0 Å². The number of hydrogen-bond donors (Lipinski definition) is 2. The number of alkyl halides is 3. The van der Waals surface area contributed by atoms with Gasteiger partial charge in [0.15, 0.2) is 0 Å². The molecule has 3 N–H and O–H groups in total. The van der Waals surface area contributed by atoms with E-state index in [4.69, 9.17) is 5.73 Å². The van der Waals surface area contributed by atoms with E-state index in [0.29, 0.717) is 13.2 Å². The zero-order valence-corrected chi connectivity index (χ0v) is 7.86. The van der Waals surface area contributed by atoms with E-state index in [1.807, 2.05) is 0 Å². The van der Waals surface area contributed by atoms with Gasteiger partial charge in [0.25, 0.3) is 0 Å². The smallest absolute Gasteiger partial charge is 0.318 e. The average Bonchev–Trinajstić information content (AvgIpc) is 1.99. The Morgan fingerprint density at radius 2 is 2.00 bits per heavy atom. The molecule has 6 heteroatoms. The summed E-state index contributed by atoms with van der Waals surface area (Å²) in [6.07, 6.45) is -4.14. The third kappa shape index (κ3) is 8.01. The van der Waals surface area contributed by atoms with Crippen LogP contribution in [0.3, 0.4) is 0 Å². The van der Waals surface area contributed by atoms with Crippen LogP contribution in [0.2, 0.25) is 0 Å². The number of nitrogens with zero attached hydrogens (tertiary/aromatic N) is 1. The summed E-state index contributed by atoms with van der Waals surface area (Å²) < 4.78 is 35.2. The molecule has 13 heavy (non-hydrogen) atoms. The molecule has 1 atom stereocenters. The zero-order chi connectivity index (χ0) is 10.5. The molecule has 1 unspecified atom stereocenters. The van der Waals surface area contributed by atoms with Crippen molar-refractivity contribution in [2.75, 3.05) is 26.8 Å². The van der Waals surface area contributed by atoms with Gasteiger partial charge in [0.05, 0.1) is 6.54 Å². The number of hydrogen-bond acceptors (Lipinski definition) is 3. The highest BCUT2D eigenvalue weighted by Crippen LogP contribution is 2.12. The molecule has 0 aromatic heterocycles. The molecule has 0 heterocycles. The third-order valence-electron chi connectivity index (χ3n) is 1.55. The standard InChI is InChI=1S/C7H16F3N3/c1-6(3-13(2)5-11)12-4-7(8,9)10/h6,12H,3-5,11H2,1-2H3. The Hall–Kier alpha value is -0.330. The first kappa shape index (κ1) is 12.7. The van der Waals surface area contributed by atoms with Gasteiger partial charge >= 0.3 is 6.18 Å². The summed E-state index contributed by atoms with van der Waals surface area (Å²) in [5, 5.41) is 2.37. The van der Waals surface area contributed by atoms with E-state index in [1.165, 1.54) is 0 Å². The Labute approximate surface area is 76.1 Å². The molecule has 80 valence electrons. The number of nitrogens with one attached hydrogen (secondary N) is 1. The fourth-order valence-corrected chi connectivity index (χ4v) is 0.897. The number of likely N-dealkylation sites (N-methyl/N-ethyl adjacent to an activating group) is 1. The van der Waals surface area contributed by atoms with Crippen LogP contribution in [0.5, 0.6) is 0 Å². The van der Waals surface area contributed by atoms with E-state index in [-0.39, 0.29) is 6.04 Å². The minimum Gasteiger partial charge on any atom is -0.318 e. The Kier molecular flexibility index (Phi) is 5.27. The molecule has 0 saturated carbocycles. The van der Waals surface area contributed by atoms with Gasteiger partial charge in [-0.1, -0.05) is 0 Å². The van der Waals surface area contributed by atoms with E-state index < -0.39 is 12.7 Å². The van der Waals surface area contributed by atoms with Crippen molar-refractivity contribution < 1.29 is 13.2 Å². The first-order valence-electron chi connectivity index (χ1n) is 4.04. The lowest BCUT2D eigenvalue weighted by molar-refractivity contribution is -0.126. The highest BCUT2D eigenvalue weighted by molar-refractivity contribution is 4.66. The fourth-order valence-electron chi connectivity index (χ4n) is 0.897. The molecule has 0 amide bonds. The summed E-state index contributed by atoms with van der Waals surface area (Å²) in [7, 11) is 1.76. The van der Waals surface area contributed by atoms with Gasteiger partial charge in [-0.25, -0.2) is 0 Å². The van der Waals surface area contributed by atoms with Gasteiger partial charge < -0.3 is 11.1 Å². The van der Waals surface area contributed by atoms with Crippen LogP contribution in [0.25, 0.3) is 0 Å². The number of nitrogens with two attached hydrogens (primary N) is 1. The van der Waals surface area contributed by atoms with E-state index in [9.17, 15) is 13.2 Å². The zero-order valence-electron chi connectivity index (χ0n) is 7.86. The average molecular weight is 199 g/mol. The molecular weight excluding hydrogens is 183 g/mol. The van der Waals surface area contributed by atoms with E-state index in [0.717, 1.165) is 0 Å². The Balaban J connectivity index is 3.57. The first-order valence-corrected chi connectivity index (χ1v) is 4.04. The normalized spacial score (nSPS) is 15.0. The van der Waals surface area contributed by atoms with E-state index >= 15 is 0 Å². The van der Waals surface area contributed by atoms with Crippen molar-refractivity contribution in [3.05, 3.63) is 0 Å². The van der Waals surface area contributed by atoms with Gasteiger partial charge in [-0.05, 0) is 14.0 Å². The Morgan fingerprint density at radius 1 is 1.46 bits per heavy atom. The predicted molar refractivity (Wildman–Crippen MR) is 45.2 cm³/mol. The van der Waals surface area contributed by atoms with Crippen molar-refractivity contribution >= 4 is 0 Å². The van der Waals surface area contributed by atoms with Crippen LogP contribution in [-0.4, -0.2) is 43.9 Å². The minimum atomic E-state index is -4.14. The maximum Gasteiger partial charge on any atom is 0.401 e. The molecule has 0 rings (SSSR count). The predicted octanol–water partition coefficient (Wildman–Crippen LogP) is 0.375. The van der Waals surface area contributed by atoms with E-state index in [2.05, 4.69) is 5.32 Å². The van der Waals surface area contributed by atoms with Gasteiger partial charge in [-0.2, -0.15) is 13.2 Å². The van der Waals surface area contributed by atoms with Crippen molar-refractivity contribution in [2.45, 2.75) is 19.1 Å². The highest BCUT2D eigenvalue weighted by atomic mass is 19.4. The van der Waals surface area contributed by atoms with Crippen molar-refractivity contribution in [1.82, 2.24) is 10.2 Å². The lowest BCUT2D eigenvalue weighted by Crippen LogP contribution is -2.43. The molecule has 0 aliphatic rings. The number of rotatable bonds is 5. The quantitative estimate of drug-likeness (QED) is 0.629. The topological polar surface area (TPSA) is 41.3 Å². The van der Waals surface area contributed by atoms with Gasteiger partial charge in [-0.15, -0.1) is 0 Å². The van der Waals surface area contributed by atoms with Crippen LogP contribution in [0.15, 0.2) is 0 Å². The Bertz CT molecular complexity index is 137. The molecule has 0 saturated heterocycles. The molecule has 0 radical (unpaired) electrons. The fraction of sp³-hybridized carbons (Fsp3) is 1.00. The largest absolute Gasteiger partial charge is 0.401 e. The van der Waals surface area contributed by atoms with Gasteiger partial charge in [0, 0.05) is 19.3 Å². The van der Waals surface area contributed by atoms with Gasteiger partial charge in [-0.3, -0.25) is 4.90 Å². The molecule has 3 nitrogen and oxygen atoms in total. The third-order valence-corrected chi connectivity index (χ3v) is 1.55. The van der Waals surface area contributed by atoms with Gasteiger partial charge in [0.2, 0.25) is 0 Å². The summed E-state index contributed by atoms with van der Waals surface area (Å²) in [6, 6.07) is -0.213. The maximum absolute atomic E-state index is 11.7. The van der Waals surface area contributed by atoms with E-state index in [1.54, 1.807) is 18.9 Å². The van der Waals surface area contributed by atoms with Crippen LogP contribution >= 0.6 is 0 Å². The first-order chi connectivity index (χ1) is 5.85. The van der Waals surface area contributed by atoms with Crippen LogP contribution in [0, 0.1) is 0 Å². The monoisotopic (exact) mass is 199 g/mol. The van der Waals surface area contributed by atoms with Crippen LogP contribution < -0.4 is 11.1 Å². The van der Waals surface area contributed by atoms with Gasteiger partial charge in [0.1, 0.15) is 0 Å². The molecule has 0 spiro atoms. The SMILES string of the molecule is CC(CN(C)CN)NCC(F)(F)F. The van der Waals surface area contributed by atoms with Crippen molar-refractivity contribution in [2.24, 2.45) is 5.73 Å². The summed E-state index contributed by atoms with van der Waals surface area (Å²) >= 11 is 0. The second-order valence-corrected chi connectivity index (χ2v) is 3.12. The molecule has 0 aromatic carbocycles. The molecule has 0 aliphatic heterocycles. The second-order valence-electron chi connectivity index (χ2n) is 3.12. The molecule has 0 aromatic rings. The van der Waals surface area contributed by atoms with Crippen molar-refractivity contribution in [3.63, 3.8) is 0 Å².